The number of carboxylic acids is 1. The lowest BCUT2D eigenvalue weighted by Crippen LogP contribution is -2.31. The van der Waals surface area contributed by atoms with Crippen LogP contribution < -0.4 is 10.6 Å². The molecular weight excluding hydrogens is 312 g/mol. The molecular formula is C14H17ClN2O3S. The first-order chi connectivity index (χ1) is 10.1. The second-order valence-corrected chi connectivity index (χ2v) is 6.47. The van der Waals surface area contributed by atoms with Crippen LogP contribution in [0.15, 0.2) is 18.2 Å². The van der Waals surface area contributed by atoms with Crippen molar-refractivity contribution >= 4 is 40.9 Å². The van der Waals surface area contributed by atoms with Gasteiger partial charge in [0.25, 0.3) is 0 Å². The van der Waals surface area contributed by atoms with E-state index in [1.807, 2.05) is 11.8 Å². The average Bonchev–Trinajstić information content (AvgIpc) is 2.94. The second-order valence-electron chi connectivity index (χ2n) is 4.91. The predicted molar refractivity (Wildman–Crippen MR) is 85.3 cm³/mol. The molecule has 1 aromatic rings. The maximum absolute atomic E-state index is 11.8. The third-order valence-electron chi connectivity index (χ3n) is 3.23. The van der Waals surface area contributed by atoms with Crippen molar-refractivity contribution in [3.05, 3.63) is 28.8 Å². The highest BCUT2D eigenvalue weighted by Crippen LogP contribution is 2.23. The summed E-state index contributed by atoms with van der Waals surface area (Å²) in [6, 6.07) is 4.22. The van der Waals surface area contributed by atoms with Gasteiger partial charge in [-0.15, -0.1) is 0 Å². The maximum atomic E-state index is 11.8. The molecule has 1 aromatic carbocycles. The monoisotopic (exact) mass is 328 g/mol. The van der Waals surface area contributed by atoms with Gasteiger partial charge in [-0.05, 0) is 48.6 Å². The number of halogens is 1. The molecule has 1 aliphatic rings. The summed E-state index contributed by atoms with van der Waals surface area (Å²) < 4.78 is 0. The normalized spacial score (nSPS) is 17.7. The fraction of sp³-hybridized carbons (Fsp3) is 0.429. The molecule has 0 aromatic heterocycles. The van der Waals surface area contributed by atoms with Crippen LogP contribution in [0.2, 0.25) is 5.02 Å². The summed E-state index contributed by atoms with van der Waals surface area (Å²) in [5.41, 5.74) is 0.408. The van der Waals surface area contributed by atoms with Crippen LogP contribution in [0, 0.1) is 5.92 Å². The Kier molecular flexibility index (Phi) is 5.90. The summed E-state index contributed by atoms with van der Waals surface area (Å²) in [6.45, 7) is 1.01. The van der Waals surface area contributed by atoms with Crippen molar-refractivity contribution in [3.8, 4) is 0 Å². The molecule has 1 heterocycles. The summed E-state index contributed by atoms with van der Waals surface area (Å²) in [7, 11) is 0. The highest BCUT2D eigenvalue weighted by atomic mass is 35.5. The first-order valence-electron chi connectivity index (χ1n) is 6.67. The van der Waals surface area contributed by atoms with Crippen LogP contribution in [0.4, 0.5) is 5.69 Å². The lowest BCUT2D eigenvalue weighted by Gasteiger charge is -2.11. The van der Waals surface area contributed by atoms with E-state index >= 15 is 0 Å². The Labute approximate surface area is 132 Å². The summed E-state index contributed by atoms with van der Waals surface area (Å²) in [5, 5.41) is 15.0. The summed E-state index contributed by atoms with van der Waals surface area (Å²) in [6.07, 6.45) is 1.19. The van der Waals surface area contributed by atoms with Gasteiger partial charge in [0.1, 0.15) is 0 Å². The lowest BCUT2D eigenvalue weighted by atomic mass is 10.1. The van der Waals surface area contributed by atoms with Crippen LogP contribution in [-0.2, 0) is 4.79 Å². The number of aromatic carboxylic acids is 1. The minimum absolute atomic E-state index is 0.0886. The number of hydrogen-bond acceptors (Lipinski definition) is 4. The quantitative estimate of drug-likeness (QED) is 0.747. The molecule has 1 atom stereocenters. The molecule has 21 heavy (non-hydrogen) atoms. The van der Waals surface area contributed by atoms with Gasteiger partial charge in [-0.2, -0.15) is 11.8 Å². The number of amides is 1. The van der Waals surface area contributed by atoms with Crippen LogP contribution in [0.3, 0.4) is 0 Å². The lowest BCUT2D eigenvalue weighted by molar-refractivity contribution is -0.115. The van der Waals surface area contributed by atoms with Gasteiger partial charge in [0, 0.05) is 0 Å². The van der Waals surface area contributed by atoms with E-state index in [0.717, 1.165) is 12.3 Å². The molecule has 1 saturated heterocycles. The zero-order valence-corrected chi connectivity index (χ0v) is 13.0. The Morgan fingerprint density at radius 1 is 1.43 bits per heavy atom. The smallest absolute Gasteiger partial charge is 0.335 e. The Morgan fingerprint density at radius 3 is 2.90 bits per heavy atom. The number of carbonyl (C=O) groups excluding carboxylic acids is 1. The van der Waals surface area contributed by atoms with Crippen LogP contribution in [-0.4, -0.2) is 41.6 Å². The highest BCUT2D eigenvalue weighted by molar-refractivity contribution is 7.99. The van der Waals surface area contributed by atoms with E-state index in [-0.39, 0.29) is 18.0 Å². The molecule has 0 aliphatic carbocycles. The molecule has 1 fully saturated rings. The molecule has 114 valence electrons. The topological polar surface area (TPSA) is 78.4 Å². The van der Waals surface area contributed by atoms with Crippen LogP contribution in [0.25, 0.3) is 0 Å². The van der Waals surface area contributed by atoms with Gasteiger partial charge in [-0.25, -0.2) is 4.79 Å². The zero-order chi connectivity index (χ0) is 15.2. The molecule has 0 radical (unpaired) electrons. The van der Waals surface area contributed by atoms with E-state index in [2.05, 4.69) is 10.6 Å². The van der Waals surface area contributed by atoms with Crippen molar-refractivity contribution in [2.24, 2.45) is 5.92 Å². The SMILES string of the molecule is O=C(CNCC1CCSC1)Nc1cc(C(=O)O)ccc1Cl. The number of benzene rings is 1. The predicted octanol–water partition coefficient (Wildman–Crippen LogP) is 2.32. The van der Waals surface area contributed by atoms with Gasteiger partial charge in [0.2, 0.25) is 5.91 Å². The van der Waals surface area contributed by atoms with Crippen LogP contribution >= 0.6 is 23.4 Å². The van der Waals surface area contributed by atoms with Crippen molar-refractivity contribution in [2.45, 2.75) is 6.42 Å². The number of carboxylic acid groups (broad SMARTS) is 1. The average molecular weight is 329 g/mol. The molecule has 0 bridgehead atoms. The number of hydrogen-bond donors (Lipinski definition) is 3. The van der Waals surface area contributed by atoms with Crippen LogP contribution in [0.5, 0.6) is 0 Å². The Morgan fingerprint density at radius 2 is 2.24 bits per heavy atom. The van der Waals surface area contributed by atoms with E-state index in [1.54, 1.807) is 0 Å². The van der Waals surface area contributed by atoms with Crippen molar-refractivity contribution < 1.29 is 14.7 Å². The van der Waals surface area contributed by atoms with Gasteiger partial charge in [-0.3, -0.25) is 4.79 Å². The number of nitrogens with one attached hydrogen (secondary N) is 2. The highest BCUT2D eigenvalue weighted by Gasteiger charge is 2.15. The van der Waals surface area contributed by atoms with Gasteiger partial charge >= 0.3 is 5.97 Å². The second kappa shape index (κ2) is 7.68. The van der Waals surface area contributed by atoms with E-state index in [1.165, 1.54) is 30.4 Å². The van der Waals surface area contributed by atoms with E-state index < -0.39 is 5.97 Å². The maximum Gasteiger partial charge on any atom is 0.335 e. The first kappa shape index (κ1) is 16.1. The van der Waals surface area contributed by atoms with Gasteiger partial charge < -0.3 is 15.7 Å². The standard InChI is InChI=1S/C14H17ClN2O3S/c15-11-2-1-10(14(19)20)5-12(11)17-13(18)7-16-6-9-3-4-21-8-9/h1-2,5,9,16H,3-4,6-8H2,(H,17,18)(H,19,20). The molecule has 0 spiro atoms. The van der Waals surface area contributed by atoms with Crippen molar-refractivity contribution in [1.29, 1.82) is 0 Å². The number of rotatable bonds is 6. The molecule has 0 saturated carbocycles. The summed E-state index contributed by atoms with van der Waals surface area (Å²) >= 11 is 7.89. The zero-order valence-electron chi connectivity index (χ0n) is 11.4. The molecule has 1 amide bonds. The number of anilines is 1. The minimum atomic E-state index is -1.06. The van der Waals surface area contributed by atoms with Gasteiger partial charge in [0.05, 0.1) is 22.8 Å². The van der Waals surface area contributed by atoms with E-state index in [9.17, 15) is 9.59 Å². The van der Waals surface area contributed by atoms with Gasteiger partial charge in [-0.1, -0.05) is 11.6 Å². The van der Waals surface area contributed by atoms with E-state index in [0.29, 0.717) is 16.6 Å². The Hall–Kier alpha value is -1.24. The Balaban J connectivity index is 1.84. The number of carbonyl (C=O) groups is 2. The van der Waals surface area contributed by atoms with E-state index in [4.69, 9.17) is 16.7 Å². The summed E-state index contributed by atoms with van der Waals surface area (Å²) in [5.74, 6) is 1.67. The summed E-state index contributed by atoms with van der Waals surface area (Å²) in [4.78, 5) is 22.7. The van der Waals surface area contributed by atoms with Crippen molar-refractivity contribution in [3.63, 3.8) is 0 Å². The number of thioether (sulfide) groups is 1. The van der Waals surface area contributed by atoms with Crippen molar-refractivity contribution in [1.82, 2.24) is 5.32 Å². The van der Waals surface area contributed by atoms with Gasteiger partial charge in [0.15, 0.2) is 0 Å². The minimum Gasteiger partial charge on any atom is -0.478 e. The molecule has 2 rings (SSSR count). The first-order valence-corrected chi connectivity index (χ1v) is 8.20. The largest absolute Gasteiger partial charge is 0.478 e. The molecule has 1 unspecified atom stereocenters. The molecule has 1 aliphatic heterocycles. The van der Waals surface area contributed by atoms with Crippen LogP contribution in [0.1, 0.15) is 16.8 Å². The third-order valence-corrected chi connectivity index (χ3v) is 4.79. The molecule has 5 nitrogen and oxygen atoms in total. The third kappa shape index (κ3) is 4.91. The fourth-order valence-electron chi connectivity index (χ4n) is 2.08. The molecule has 3 N–H and O–H groups in total. The Bertz CT molecular complexity index is 533. The molecule has 7 heteroatoms. The fourth-order valence-corrected chi connectivity index (χ4v) is 3.53. The van der Waals surface area contributed by atoms with Crippen molar-refractivity contribution in [2.75, 3.05) is 29.9 Å².